The van der Waals surface area contributed by atoms with Gasteiger partial charge in [-0.3, -0.25) is 9.80 Å². The maximum absolute atomic E-state index is 13.5. The van der Waals surface area contributed by atoms with Gasteiger partial charge >= 0.3 is 6.03 Å². The first-order valence-corrected chi connectivity index (χ1v) is 11.5. The molecular weight excluding hydrogens is 454 g/mol. The number of likely N-dealkylation sites (tertiary alicyclic amines) is 1. The number of likely N-dealkylation sites (N-methyl/N-ethyl adjacent to an activating group) is 1. The molecule has 0 spiro atoms. The molecule has 3 heterocycles. The average molecular weight is 477 g/mol. The van der Waals surface area contributed by atoms with Crippen molar-refractivity contribution in [1.29, 1.82) is 0 Å². The lowest BCUT2D eigenvalue weighted by Gasteiger charge is -2.38. The highest BCUT2D eigenvalue weighted by Crippen LogP contribution is 2.40. The molecule has 0 aliphatic carbocycles. The van der Waals surface area contributed by atoms with Crippen molar-refractivity contribution in [2.24, 2.45) is 0 Å². The summed E-state index contributed by atoms with van der Waals surface area (Å²) in [5.41, 5.74) is 1.92. The number of rotatable bonds is 4. The van der Waals surface area contributed by atoms with Crippen LogP contribution in [0.25, 0.3) is 11.0 Å². The van der Waals surface area contributed by atoms with E-state index in [1.165, 1.54) is 12.1 Å². The van der Waals surface area contributed by atoms with E-state index in [2.05, 4.69) is 10.1 Å². The van der Waals surface area contributed by atoms with E-state index in [-0.39, 0.29) is 23.9 Å². The first-order chi connectivity index (χ1) is 15.5. The molecule has 0 N–H and O–H groups in total. The van der Waals surface area contributed by atoms with Gasteiger partial charge in [-0.1, -0.05) is 34.4 Å². The van der Waals surface area contributed by atoms with Crippen LogP contribution in [-0.4, -0.2) is 53.3 Å². The number of nitrogens with zero attached hydrogens (tertiary/aromatic N) is 4. The highest BCUT2D eigenvalue weighted by molar-refractivity contribution is 6.40. The van der Waals surface area contributed by atoms with E-state index >= 15 is 0 Å². The maximum atomic E-state index is 13.5. The molecule has 2 amide bonds. The number of carbonyl (C=O) groups is 1. The van der Waals surface area contributed by atoms with Crippen molar-refractivity contribution in [1.82, 2.24) is 15.0 Å². The van der Waals surface area contributed by atoms with Crippen molar-refractivity contribution < 1.29 is 13.7 Å². The Kier molecular flexibility index (Phi) is 5.73. The minimum atomic E-state index is -0.334. The second kappa shape index (κ2) is 8.54. The van der Waals surface area contributed by atoms with Gasteiger partial charge in [0.15, 0.2) is 5.58 Å². The van der Waals surface area contributed by atoms with E-state index in [0.29, 0.717) is 34.4 Å². The lowest BCUT2D eigenvalue weighted by atomic mass is 9.91. The van der Waals surface area contributed by atoms with Crippen LogP contribution in [-0.2, 0) is 0 Å². The number of fused-ring (bicyclic) bond motifs is 1. The topological polar surface area (TPSA) is 52.8 Å². The molecule has 2 aliphatic rings. The van der Waals surface area contributed by atoms with Crippen molar-refractivity contribution in [2.45, 2.75) is 31.8 Å². The lowest BCUT2D eigenvalue weighted by Crippen LogP contribution is -2.50. The van der Waals surface area contributed by atoms with Gasteiger partial charge < -0.3 is 9.42 Å². The summed E-state index contributed by atoms with van der Waals surface area (Å²) in [6.45, 7) is 4.75. The Labute approximate surface area is 195 Å². The number of anilines is 1. The van der Waals surface area contributed by atoms with E-state index in [9.17, 15) is 9.18 Å². The Morgan fingerprint density at radius 1 is 1.16 bits per heavy atom. The van der Waals surface area contributed by atoms with Gasteiger partial charge in [0.05, 0.1) is 28.0 Å². The molecule has 0 bridgehead atoms. The first-order valence-electron chi connectivity index (χ1n) is 10.8. The van der Waals surface area contributed by atoms with E-state index in [0.717, 1.165) is 37.0 Å². The SMILES string of the molecule is CCN1CC(N2CCC(c3noc4cc(F)ccc34)CC2)N(c2c(Cl)cccc2Cl)C1=O. The third-order valence-electron chi connectivity index (χ3n) is 6.52. The molecule has 9 heteroatoms. The lowest BCUT2D eigenvalue weighted by molar-refractivity contribution is 0.151. The van der Waals surface area contributed by atoms with Crippen molar-refractivity contribution >= 4 is 45.9 Å². The van der Waals surface area contributed by atoms with Gasteiger partial charge in [0.2, 0.25) is 0 Å². The van der Waals surface area contributed by atoms with Crippen LogP contribution < -0.4 is 4.90 Å². The third kappa shape index (κ3) is 3.62. The molecule has 2 aliphatic heterocycles. The zero-order valence-electron chi connectivity index (χ0n) is 17.6. The van der Waals surface area contributed by atoms with E-state index in [1.807, 2.05) is 11.8 Å². The molecular formula is C23H23Cl2FN4O2. The fraction of sp³-hybridized carbons (Fsp3) is 0.391. The maximum Gasteiger partial charge on any atom is 0.326 e. The molecule has 0 saturated carbocycles. The van der Waals surface area contributed by atoms with Gasteiger partial charge in [-0.15, -0.1) is 0 Å². The number of hydrogen-bond acceptors (Lipinski definition) is 4. The van der Waals surface area contributed by atoms with E-state index in [4.69, 9.17) is 27.7 Å². The minimum Gasteiger partial charge on any atom is -0.356 e. The zero-order chi connectivity index (χ0) is 22.4. The van der Waals surface area contributed by atoms with Gasteiger partial charge in [-0.05, 0) is 44.0 Å². The fourth-order valence-corrected chi connectivity index (χ4v) is 5.42. The van der Waals surface area contributed by atoms with Gasteiger partial charge in [-0.2, -0.15) is 0 Å². The highest BCUT2D eigenvalue weighted by Gasteiger charge is 2.43. The number of urea groups is 1. The van der Waals surface area contributed by atoms with Gasteiger partial charge in [-0.25, -0.2) is 9.18 Å². The molecule has 0 radical (unpaired) electrons. The Balaban J connectivity index is 1.38. The van der Waals surface area contributed by atoms with Crippen LogP contribution in [0.15, 0.2) is 40.9 Å². The van der Waals surface area contributed by atoms with E-state index in [1.54, 1.807) is 29.2 Å². The smallest absolute Gasteiger partial charge is 0.326 e. The predicted molar refractivity (Wildman–Crippen MR) is 123 cm³/mol. The van der Waals surface area contributed by atoms with Crippen LogP contribution >= 0.6 is 23.2 Å². The van der Waals surface area contributed by atoms with Crippen molar-refractivity contribution in [3.05, 3.63) is 58.0 Å². The molecule has 1 atom stereocenters. The molecule has 168 valence electrons. The monoisotopic (exact) mass is 476 g/mol. The van der Waals surface area contributed by atoms with Crippen molar-refractivity contribution in [3.63, 3.8) is 0 Å². The normalized spacial score (nSPS) is 20.6. The number of hydrogen-bond donors (Lipinski definition) is 0. The van der Waals surface area contributed by atoms with Crippen LogP contribution in [0.5, 0.6) is 0 Å². The summed E-state index contributed by atoms with van der Waals surface area (Å²) < 4.78 is 18.8. The zero-order valence-corrected chi connectivity index (χ0v) is 19.1. The van der Waals surface area contributed by atoms with Crippen LogP contribution in [0.4, 0.5) is 14.9 Å². The Morgan fingerprint density at radius 2 is 1.88 bits per heavy atom. The summed E-state index contributed by atoms with van der Waals surface area (Å²) in [4.78, 5) is 19.0. The Morgan fingerprint density at radius 3 is 2.56 bits per heavy atom. The minimum absolute atomic E-state index is 0.0841. The summed E-state index contributed by atoms with van der Waals surface area (Å²) in [6, 6.07) is 9.75. The molecule has 2 aromatic carbocycles. The number of halogens is 3. The van der Waals surface area contributed by atoms with Crippen molar-refractivity contribution in [2.75, 3.05) is 31.1 Å². The highest BCUT2D eigenvalue weighted by atomic mass is 35.5. The number of amides is 2. The molecule has 1 unspecified atom stereocenters. The second-order valence-corrected chi connectivity index (χ2v) is 9.08. The molecule has 1 aromatic heterocycles. The summed E-state index contributed by atoms with van der Waals surface area (Å²) >= 11 is 12.9. The average Bonchev–Trinajstić information content (AvgIpc) is 3.35. The first kappa shape index (κ1) is 21.5. The number of para-hydroxylation sites is 1. The number of piperidine rings is 1. The molecule has 5 rings (SSSR count). The number of carbonyl (C=O) groups excluding carboxylic acids is 1. The summed E-state index contributed by atoms with van der Waals surface area (Å²) in [6.07, 6.45) is 1.57. The van der Waals surface area contributed by atoms with Crippen LogP contribution in [0.2, 0.25) is 10.0 Å². The quantitative estimate of drug-likeness (QED) is 0.481. The Bertz CT molecular complexity index is 1140. The molecule has 2 saturated heterocycles. The number of aromatic nitrogens is 1. The van der Waals surface area contributed by atoms with E-state index < -0.39 is 0 Å². The summed E-state index contributed by atoms with van der Waals surface area (Å²) in [7, 11) is 0. The number of benzene rings is 2. The van der Waals surface area contributed by atoms with Crippen molar-refractivity contribution in [3.8, 4) is 0 Å². The Hall–Kier alpha value is -2.35. The van der Waals surface area contributed by atoms with Crippen LogP contribution in [0, 0.1) is 5.82 Å². The van der Waals surface area contributed by atoms with Gasteiger partial charge in [0.1, 0.15) is 12.0 Å². The molecule has 2 fully saturated rings. The summed E-state index contributed by atoms with van der Waals surface area (Å²) in [5, 5.41) is 6.03. The van der Waals surface area contributed by atoms with Crippen LogP contribution in [0.1, 0.15) is 31.4 Å². The van der Waals surface area contributed by atoms with Gasteiger partial charge in [0.25, 0.3) is 0 Å². The fourth-order valence-electron chi connectivity index (χ4n) is 4.84. The third-order valence-corrected chi connectivity index (χ3v) is 7.13. The molecule has 3 aromatic rings. The predicted octanol–water partition coefficient (Wildman–Crippen LogP) is 5.74. The van der Waals surface area contributed by atoms with Gasteiger partial charge in [0, 0.05) is 37.0 Å². The largest absolute Gasteiger partial charge is 0.356 e. The second-order valence-electron chi connectivity index (χ2n) is 8.26. The molecule has 6 nitrogen and oxygen atoms in total. The van der Waals surface area contributed by atoms with Crippen LogP contribution in [0.3, 0.4) is 0 Å². The summed E-state index contributed by atoms with van der Waals surface area (Å²) in [5.74, 6) is -0.116. The standard InChI is InChI=1S/C23H23Cl2FN4O2/c1-2-28-13-20(30(23(28)31)22-17(24)4-3-5-18(22)25)29-10-8-14(9-11-29)21-16-7-6-15(26)12-19(16)32-27-21/h3-7,12,14,20H,2,8-11,13H2,1H3. The molecule has 32 heavy (non-hydrogen) atoms.